The number of carbonyl (C=O) groups excluding carboxylic acids is 1. The van der Waals surface area contributed by atoms with Crippen LogP contribution >= 0.6 is 0 Å². The second kappa shape index (κ2) is 7.06. The monoisotopic (exact) mass is 283 g/mol. The number of para-hydroxylation sites is 2. The average molecular weight is 283 g/mol. The van der Waals surface area contributed by atoms with Gasteiger partial charge in [-0.25, -0.2) is 4.39 Å². The Balaban J connectivity index is 1.86. The van der Waals surface area contributed by atoms with E-state index in [-0.39, 0.29) is 18.1 Å². The summed E-state index contributed by atoms with van der Waals surface area (Å²) in [6.07, 6.45) is 0.175. The molecule has 0 bridgehead atoms. The van der Waals surface area contributed by atoms with Crippen molar-refractivity contribution in [2.24, 2.45) is 0 Å². The molecule has 1 amide bonds. The summed E-state index contributed by atoms with van der Waals surface area (Å²) in [5, 5.41) is 14.5. The minimum atomic E-state index is -0.354. The third-order valence-electron chi connectivity index (χ3n) is 2.86. The molecule has 0 saturated carbocycles. The zero-order valence-corrected chi connectivity index (χ0v) is 11.3. The topological polar surface area (TPSA) is 64.9 Å². The Kier molecular flexibility index (Phi) is 4.89. The van der Waals surface area contributed by atoms with Crippen LogP contribution in [-0.2, 0) is 4.79 Å². The normalized spacial score (nSPS) is 9.71. The van der Waals surface area contributed by atoms with Crippen molar-refractivity contribution in [3.63, 3.8) is 0 Å². The quantitative estimate of drug-likeness (QED) is 0.886. The van der Waals surface area contributed by atoms with Gasteiger partial charge in [-0.15, -0.1) is 0 Å². The summed E-state index contributed by atoms with van der Waals surface area (Å²) in [6.45, 7) is 0.307. The van der Waals surface area contributed by atoms with E-state index in [0.29, 0.717) is 23.5 Å². The Hall–Kier alpha value is -2.87. The highest BCUT2D eigenvalue weighted by Gasteiger charge is 2.06. The molecule has 0 saturated heterocycles. The minimum absolute atomic E-state index is 0.175. The number of nitrogens with zero attached hydrogens (tertiary/aromatic N) is 1. The Morgan fingerprint density at radius 1 is 1.10 bits per heavy atom. The van der Waals surface area contributed by atoms with Gasteiger partial charge < -0.3 is 10.6 Å². The first-order valence-electron chi connectivity index (χ1n) is 6.48. The number of halogens is 1. The lowest BCUT2D eigenvalue weighted by atomic mass is 10.2. The van der Waals surface area contributed by atoms with Gasteiger partial charge in [0.1, 0.15) is 11.9 Å². The molecule has 106 valence electrons. The third kappa shape index (κ3) is 4.05. The van der Waals surface area contributed by atoms with Gasteiger partial charge in [0.25, 0.3) is 0 Å². The van der Waals surface area contributed by atoms with E-state index >= 15 is 0 Å². The molecule has 2 rings (SSSR count). The summed E-state index contributed by atoms with van der Waals surface area (Å²) < 4.78 is 13.4. The van der Waals surface area contributed by atoms with Crippen LogP contribution in [0.25, 0.3) is 0 Å². The summed E-state index contributed by atoms with van der Waals surface area (Å²) in [4.78, 5) is 11.8. The maximum atomic E-state index is 13.4. The molecule has 0 atom stereocenters. The molecule has 0 aromatic heterocycles. The molecule has 21 heavy (non-hydrogen) atoms. The first kappa shape index (κ1) is 14.5. The fourth-order valence-electron chi connectivity index (χ4n) is 1.82. The molecule has 2 aromatic rings. The van der Waals surface area contributed by atoms with Crippen molar-refractivity contribution in [2.75, 3.05) is 17.2 Å². The highest BCUT2D eigenvalue weighted by atomic mass is 19.1. The zero-order valence-electron chi connectivity index (χ0n) is 11.3. The molecule has 0 unspecified atom stereocenters. The fraction of sp³-hybridized carbons (Fsp3) is 0.125. The standard InChI is InChI=1S/C16H14FN3O/c17-13-6-2-4-8-15(13)19-10-9-16(21)20-14-7-3-1-5-12(14)11-18/h1-8,19H,9-10H2,(H,20,21). The minimum Gasteiger partial charge on any atom is -0.382 e. The van der Waals surface area contributed by atoms with E-state index in [2.05, 4.69) is 10.6 Å². The predicted molar refractivity (Wildman–Crippen MR) is 79.3 cm³/mol. The number of anilines is 2. The van der Waals surface area contributed by atoms with Gasteiger partial charge in [0.05, 0.1) is 16.9 Å². The van der Waals surface area contributed by atoms with E-state index in [9.17, 15) is 9.18 Å². The van der Waals surface area contributed by atoms with Gasteiger partial charge in [0, 0.05) is 13.0 Å². The van der Waals surface area contributed by atoms with E-state index in [4.69, 9.17) is 5.26 Å². The summed E-state index contributed by atoms with van der Waals surface area (Å²) in [6, 6.07) is 15.1. The zero-order chi connectivity index (χ0) is 15.1. The van der Waals surface area contributed by atoms with E-state index in [1.54, 1.807) is 42.5 Å². The number of carbonyl (C=O) groups is 1. The van der Waals surface area contributed by atoms with Gasteiger partial charge in [0.15, 0.2) is 0 Å². The summed E-state index contributed by atoms with van der Waals surface area (Å²) >= 11 is 0. The molecule has 0 aliphatic heterocycles. The lowest BCUT2D eigenvalue weighted by molar-refractivity contribution is -0.115. The Bertz CT molecular complexity index is 679. The Morgan fingerprint density at radius 2 is 1.76 bits per heavy atom. The van der Waals surface area contributed by atoms with Crippen LogP contribution in [0.3, 0.4) is 0 Å². The van der Waals surface area contributed by atoms with Gasteiger partial charge in [-0.1, -0.05) is 24.3 Å². The molecule has 0 spiro atoms. The predicted octanol–water partition coefficient (Wildman–Crippen LogP) is 3.14. The van der Waals surface area contributed by atoms with Crippen LogP contribution in [0.4, 0.5) is 15.8 Å². The maximum absolute atomic E-state index is 13.4. The van der Waals surface area contributed by atoms with E-state index in [1.807, 2.05) is 6.07 Å². The second-order valence-electron chi connectivity index (χ2n) is 4.36. The summed E-state index contributed by atoms with van der Waals surface area (Å²) in [7, 11) is 0. The molecule has 0 radical (unpaired) electrons. The molecular weight excluding hydrogens is 269 g/mol. The van der Waals surface area contributed by atoms with Crippen molar-refractivity contribution in [1.29, 1.82) is 5.26 Å². The van der Waals surface area contributed by atoms with Crippen molar-refractivity contribution in [3.05, 3.63) is 59.9 Å². The van der Waals surface area contributed by atoms with Crippen LogP contribution in [0.15, 0.2) is 48.5 Å². The number of nitriles is 1. The molecule has 2 aromatic carbocycles. The number of benzene rings is 2. The average Bonchev–Trinajstić information content (AvgIpc) is 2.50. The number of amides is 1. The molecule has 0 heterocycles. The van der Waals surface area contributed by atoms with Gasteiger partial charge in [0.2, 0.25) is 5.91 Å². The number of hydrogen-bond acceptors (Lipinski definition) is 3. The lowest BCUT2D eigenvalue weighted by Crippen LogP contribution is -2.17. The molecule has 0 aliphatic rings. The van der Waals surface area contributed by atoms with Crippen LogP contribution in [-0.4, -0.2) is 12.5 Å². The largest absolute Gasteiger partial charge is 0.382 e. The van der Waals surface area contributed by atoms with Gasteiger partial charge in [-0.3, -0.25) is 4.79 Å². The van der Waals surface area contributed by atoms with Crippen LogP contribution in [0, 0.1) is 17.1 Å². The molecular formula is C16H14FN3O. The fourth-order valence-corrected chi connectivity index (χ4v) is 1.82. The van der Waals surface area contributed by atoms with Crippen molar-refractivity contribution < 1.29 is 9.18 Å². The van der Waals surface area contributed by atoms with E-state index in [1.165, 1.54) is 6.07 Å². The Labute approximate surface area is 122 Å². The maximum Gasteiger partial charge on any atom is 0.226 e. The third-order valence-corrected chi connectivity index (χ3v) is 2.86. The highest BCUT2D eigenvalue weighted by molar-refractivity contribution is 5.92. The highest BCUT2D eigenvalue weighted by Crippen LogP contribution is 2.14. The number of nitrogens with one attached hydrogen (secondary N) is 2. The first-order valence-corrected chi connectivity index (χ1v) is 6.48. The smallest absolute Gasteiger partial charge is 0.226 e. The van der Waals surface area contributed by atoms with E-state index < -0.39 is 0 Å². The Morgan fingerprint density at radius 3 is 2.48 bits per heavy atom. The van der Waals surface area contributed by atoms with Crippen molar-refractivity contribution >= 4 is 17.3 Å². The van der Waals surface area contributed by atoms with Gasteiger partial charge in [-0.2, -0.15) is 5.26 Å². The number of rotatable bonds is 5. The van der Waals surface area contributed by atoms with Crippen molar-refractivity contribution in [2.45, 2.75) is 6.42 Å². The molecule has 4 nitrogen and oxygen atoms in total. The molecule has 5 heteroatoms. The van der Waals surface area contributed by atoms with Crippen LogP contribution in [0.1, 0.15) is 12.0 Å². The summed E-state index contributed by atoms with van der Waals surface area (Å²) in [5.74, 6) is -0.589. The van der Waals surface area contributed by atoms with Crippen LogP contribution in [0.2, 0.25) is 0 Å². The summed E-state index contributed by atoms with van der Waals surface area (Å²) in [5.41, 5.74) is 1.26. The van der Waals surface area contributed by atoms with Gasteiger partial charge >= 0.3 is 0 Å². The first-order chi connectivity index (χ1) is 10.2. The lowest BCUT2D eigenvalue weighted by Gasteiger charge is -2.09. The van der Waals surface area contributed by atoms with Crippen molar-refractivity contribution in [1.82, 2.24) is 0 Å². The molecule has 0 fully saturated rings. The second-order valence-corrected chi connectivity index (χ2v) is 4.36. The molecule has 2 N–H and O–H groups in total. The van der Waals surface area contributed by atoms with E-state index in [0.717, 1.165) is 0 Å². The van der Waals surface area contributed by atoms with Crippen molar-refractivity contribution in [3.8, 4) is 6.07 Å². The molecule has 0 aliphatic carbocycles. The van der Waals surface area contributed by atoms with Crippen LogP contribution < -0.4 is 10.6 Å². The van der Waals surface area contributed by atoms with Gasteiger partial charge in [-0.05, 0) is 24.3 Å². The number of hydrogen-bond donors (Lipinski definition) is 2. The SMILES string of the molecule is N#Cc1ccccc1NC(=O)CCNc1ccccc1F. The van der Waals surface area contributed by atoms with Crippen LogP contribution in [0.5, 0.6) is 0 Å².